The number of nitrogens with zero attached hydrogens (tertiary/aromatic N) is 2. The molecule has 0 aliphatic rings. The quantitative estimate of drug-likeness (QED) is 0.746. The summed E-state index contributed by atoms with van der Waals surface area (Å²) in [4.78, 5) is 0. The molecule has 1 heterocycles. The van der Waals surface area contributed by atoms with E-state index in [2.05, 4.69) is 5.10 Å². The Balaban J connectivity index is 2.45. The number of aryl methyl sites for hydroxylation is 2. The van der Waals surface area contributed by atoms with Crippen molar-refractivity contribution >= 4 is 0 Å². The lowest BCUT2D eigenvalue weighted by Crippen LogP contribution is -2.11. The van der Waals surface area contributed by atoms with Gasteiger partial charge in [0.05, 0.1) is 5.69 Å². The number of alkyl halides is 3. The Morgan fingerprint density at radius 2 is 1.71 bits per heavy atom. The molecule has 1 aromatic carbocycles. The van der Waals surface area contributed by atoms with Crippen LogP contribution in [-0.2, 0) is 13.2 Å². The van der Waals surface area contributed by atoms with E-state index in [1.165, 1.54) is 7.05 Å². The highest BCUT2D eigenvalue weighted by atomic mass is 19.4. The number of hydrogen-bond donors (Lipinski definition) is 0. The van der Waals surface area contributed by atoms with Crippen LogP contribution in [0.25, 0.3) is 11.3 Å². The lowest BCUT2D eigenvalue weighted by Gasteiger charge is -2.04. The smallest absolute Gasteiger partial charge is 0.263 e. The molecule has 1 aromatic heterocycles. The van der Waals surface area contributed by atoms with Gasteiger partial charge in [-0.2, -0.15) is 18.3 Å². The fraction of sp³-hybridized carbons (Fsp3) is 0.250. The van der Waals surface area contributed by atoms with E-state index in [-0.39, 0.29) is 0 Å². The van der Waals surface area contributed by atoms with E-state index in [0.717, 1.165) is 16.3 Å². The standard InChI is InChI=1S/C12H11F3N2/c1-8-3-5-9(6-4-8)10-7-11(12(13,14)15)17(2)16-10/h3-7H,1-2H3. The van der Waals surface area contributed by atoms with Crippen molar-refractivity contribution in [2.24, 2.45) is 7.05 Å². The summed E-state index contributed by atoms with van der Waals surface area (Å²) in [6.45, 7) is 1.92. The zero-order valence-electron chi connectivity index (χ0n) is 9.42. The van der Waals surface area contributed by atoms with Gasteiger partial charge in [-0.25, -0.2) is 0 Å². The van der Waals surface area contributed by atoms with Gasteiger partial charge < -0.3 is 0 Å². The first-order chi connectivity index (χ1) is 7.88. The van der Waals surface area contributed by atoms with Crippen molar-refractivity contribution in [1.29, 1.82) is 0 Å². The first-order valence-corrected chi connectivity index (χ1v) is 5.06. The average molecular weight is 240 g/mol. The summed E-state index contributed by atoms with van der Waals surface area (Å²) < 4.78 is 38.6. The van der Waals surface area contributed by atoms with Gasteiger partial charge in [0.25, 0.3) is 0 Å². The second-order valence-corrected chi connectivity index (χ2v) is 3.90. The number of aromatic nitrogens is 2. The van der Waals surface area contributed by atoms with E-state index in [0.29, 0.717) is 11.3 Å². The van der Waals surface area contributed by atoms with Gasteiger partial charge in [-0.1, -0.05) is 29.8 Å². The van der Waals surface area contributed by atoms with Gasteiger partial charge in [0.1, 0.15) is 5.69 Å². The van der Waals surface area contributed by atoms with E-state index < -0.39 is 11.9 Å². The molecule has 0 fully saturated rings. The maximum absolute atomic E-state index is 12.6. The molecule has 5 heteroatoms. The van der Waals surface area contributed by atoms with E-state index >= 15 is 0 Å². The van der Waals surface area contributed by atoms with Gasteiger partial charge in [0.15, 0.2) is 0 Å². The summed E-state index contributed by atoms with van der Waals surface area (Å²) >= 11 is 0. The SMILES string of the molecule is Cc1ccc(-c2cc(C(F)(F)F)n(C)n2)cc1. The minimum Gasteiger partial charge on any atom is -0.263 e. The molecular formula is C12H11F3N2. The number of halogens is 3. The first-order valence-electron chi connectivity index (χ1n) is 5.06. The van der Waals surface area contributed by atoms with E-state index in [1.807, 2.05) is 19.1 Å². The van der Waals surface area contributed by atoms with Crippen LogP contribution in [0.5, 0.6) is 0 Å². The zero-order chi connectivity index (χ0) is 12.6. The molecule has 0 bridgehead atoms. The van der Waals surface area contributed by atoms with Crippen molar-refractivity contribution in [2.45, 2.75) is 13.1 Å². The maximum atomic E-state index is 12.6. The van der Waals surface area contributed by atoms with Gasteiger partial charge in [-0.05, 0) is 13.0 Å². The van der Waals surface area contributed by atoms with Gasteiger partial charge >= 0.3 is 6.18 Å². The Labute approximate surface area is 96.7 Å². The van der Waals surface area contributed by atoms with Crippen LogP contribution in [0.3, 0.4) is 0 Å². The Hall–Kier alpha value is -1.78. The lowest BCUT2D eigenvalue weighted by atomic mass is 10.1. The molecule has 17 heavy (non-hydrogen) atoms. The largest absolute Gasteiger partial charge is 0.433 e. The summed E-state index contributed by atoms with van der Waals surface area (Å²) in [5.41, 5.74) is 1.33. The van der Waals surface area contributed by atoms with Crippen LogP contribution < -0.4 is 0 Å². The Morgan fingerprint density at radius 1 is 1.12 bits per heavy atom. The molecule has 90 valence electrons. The van der Waals surface area contributed by atoms with Crippen molar-refractivity contribution in [1.82, 2.24) is 9.78 Å². The van der Waals surface area contributed by atoms with Crippen LogP contribution in [0.2, 0.25) is 0 Å². The molecule has 0 N–H and O–H groups in total. The first kappa shape index (κ1) is 11.7. The highest BCUT2D eigenvalue weighted by Gasteiger charge is 2.34. The molecule has 2 rings (SSSR count). The second kappa shape index (κ2) is 3.91. The highest BCUT2D eigenvalue weighted by molar-refractivity contribution is 5.59. The predicted octanol–water partition coefficient (Wildman–Crippen LogP) is 3.41. The third-order valence-electron chi connectivity index (χ3n) is 2.52. The van der Waals surface area contributed by atoms with Crippen molar-refractivity contribution in [3.8, 4) is 11.3 Å². The van der Waals surface area contributed by atoms with Crippen LogP contribution in [0.1, 0.15) is 11.3 Å². The van der Waals surface area contributed by atoms with Gasteiger partial charge in [-0.15, -0.1) is 0 Å². The summed E-state index contributed by atoms with van der Waals surface area (Å²) in [5.74, 6) is 0. The highest BCUT2D eigenvalue weighted by Crippen LogP contribution is 2.31. The molecule has 0 saturated carbocycles. The average Bonchev–Trinajstić information content (AvgIpc) is 2.61. The fourth-order valence-corrected chi connectivity index (χ4v) is 1.60. The third-order valence-corrected chi connectivity index (χ3v) is 2.52. The van der Waals surface area contributed by atoms with E-state index in [1.54, 1.807) is 12.1 Å². The van der Waals surface area contributed by atoms with Crippen LogP contribution in [0.4, 0.5) is 13.2 Å². The Morgan fingerprint density at radius 3 is 2.18 bits per heavy atom. The van der Waals surface area contributed by atoms with Crippen LogP contribution >= 0.6 is 0 Å². The molecule has 0 aliphatic heterocycles. The summed E-state index contributed by atoms with van der Waals surface area (Å²) in [6.07, 6.45) is -4.37. The molecule has 2 aromatic rings. The third kappa shape index (κ3) is 2.33. The summed E-state index contributed by atoms with van der Waals surface area (Å²) in [5, 5.41) is 3.87. The monoisotopic (exact) mass is 240 g/mol. The normalized spacial score (nSPS) is 11.8. The van der Waals surface area contributed by atoms with E-state index in [4.69, 9.17) is 0 Å². The predicted molar refractivity (Wildman–Crippen MR) is 58.4 cm³/mol. The van der Waals surface area contributed by atoms with Gasteiger partial charge in [-0.3, -0.25) is 4.68 Å². The minimum atomic E-state index is -4.37. The minimum absolute atomic E-state index is 0.333. The molecule has 0 atom stereocenters. The molecule has 0 spiro atoms. The molecule has 0 saturated heterocycles. The molecule has 0 unspecified atom stereocenters. The van der Waals surface area contributed by atoms with Crippen LogP contribution in [0.15, 0.2) is 30.3 Å². The fourth-order valence-electron chi connectivity index (χ4n) is 1.60. The van der Waals surface area contributed by atoms with Crippen LogP contribution in [-0.4, -0.2) is 9.78 Å². The number of benzene rings is 1. The van der Waals surface area contributed by atoms with E-state index in [9.17, 15) is 13.2 Å². The molecule has 0 radical (unpaired) electrons. The maximum Gasteiger partial charge on any atom is 0.433 e. The zero-order valence-corrected chi connectivity index (χ0v) is 9.42. The van der Waals surface area contributed by atoms with Crippen molar-refractivity contribution in [3.05, 3.63) is 41.6 Å². The lowest BCUT2D eigenvalue weighted by molar-refractivity contribution is -0.143. The molecule has 2 nitrogen and oxygen atoms in total. The van der Waals surface area contributed by atoms with Crippen molar-refractivity contribution in [3.63, 3.8) is 0 Å². The Kier molecular flexibility index (Phi) is 2.69. The Bertz CT molecular complexity index is 524. The second-order valence-electron chi connectivity index (χ2n) is 3.90. The number of hydrogen-bond acceptors (Lipinski definition) is 1. The summed E-state index contributed by atoms with van der Waals surface area (Å²) in [7, 11) is 1.29. The van der Waals surface area contributed by atoms with Gasteiger partial charge in [0, 0.05) is 12.6 Å². The van der Waals surface area contributed by atoms with Crippen molar-refractivity contribution < 1.29 is 13.2 Å². The molecule has 0 aliphatic carbocycles. The number of rotatable bonds is 1. The molecule has 0 amide bonds. The summed E-state index contributed by atoms with van der Waals surface area (Å²) in [6, 6.07) is 8.27. The van der Waals surface area contributed by atoms with Gasteiger partial charge in [0.2, 0.25) is 0 Å². The van der Waals surface area contributed by atoms with Crippen LogP contribution in [0, 0.1) is 6.92 Å². The van der Waals surface area contributed by atoms with Crippen molar-refractivity contribution in [2.75, 3.05) is 0 Å². The molecular weight excluding hydrogens is 229 g/mol. The topological polar surface area (TPSA) is 17.8 Å².